The van der Waals surface area contributed by atoms with Crippen molar-refractivity contribution >= 4 is 18.0 Å². The highest BCUT2D eigenvalue weighted by atomic mass is 16.5. The van der Waals surface area contributed by atoms with Gasteiger partial charge in [-0.3, -0.25) is 4.79 Å². The Balaban J connectivity index is 2.42. The first kappa shape index (κ1) is 19.4. The monoisotopic (exact) mass is 338 g/mol. The molecule has 132 valence electrons. The van der Waals surface area contributed by atoms with E-state index in [1.807, 2.05) is 18.2 Å². The average molecular weight is 338 g/mol. The number of aliphatic hydroxyl groups is 1. The molecule has 0 saturated heterocycles. The molecule has 8 heteroatoms. The quantitative estimate of drug-likeness (QED) is 0.589. The number of aliphatic hydroxyl groups excluding tert-OH is 1. The van der Waals surface area contributed by atoms with Crippen LogP contribution in [-0.4, -0.2) is 48.4 Å². The molecule has 0 aliphatic heterocycles. The van der Waals surface area contributed by atoms with E-state index in [0.29, 0.717) is 0 Å². The lowest BCUT2D eigenvalue weighted by atomic mass is 10.2. The van der Waals surface area contributed by atoms with Gasteiger partial charge in [0, 0.05) is 0 Å². The smallest absolute Gasteiger partial charge is 0.408 e. The van der Waals surface area contributed by atoms with Crippen molar-refractivity contribution in [3.8, 4) is 0 Å². The minimum atomic E-state index is -1.18. The standard InChI is InChI=1S/C16H22N2O6/c1-3-23-15(21)13(9-19)18-14(20)11(2)17-16(22)24-10-12-7-5-4-6-8-12/h4-8,11,13,19H,3,9-10H2,1-2H3,(H,17,22)(H,18,20)/t11-,13+/m0/s1. The van der Waals surface area contributed by atoms with E-state index < -0.39 is 36.7 Å². The van der Waals surface area contributed by atoms with Crippen LogP contribution < -0.4 is 10.6 Å². The summed E-state index contributed by atoms with van der Waals surface area (Å²) in [7, 11) is 0. The Kier molecular flexibility index (Phi) is 8.28. The first-order valence-corrected chi connectivity index (χ1v) is 7.53. The van der Waals surface area contributed by atoms with Crippen LogP contribution in [0.25, 0.3) is 0 Å². The summed E-state index contributed by atoms with van der Waals surface area (Å²) in [6, 6.07) is 6.95. The molecule has 1 aromatic rings. The summed E-state index contributed by atoms with van der Waals surface area (Å²) in [5.74, 6) is -1.38. The first-order valence-electron chi connectivity index (χ1n) is 7.53. The minimum absolute atomic E-state index is 0.0725. The molecule has 0 saturated carbocycles. The van der Waals surface area contributed by atoms with Crippen LogP contribution >= 0.6 is 0 Å². The Morgan fingerprint density at radius 3 is 2.38 bits per heavy atom. The van der Waals surface area contributed by atoms with Crippen LogP contribution in [0.2, 0.25) is 0 Å². The highest BCUT2D eigenvalue weighted by molar-refractivity contribution is 5.89. The number of carbonyl (C=O) groups excluding carboxylic acids is 3. The Morgan fingerprint density at radius 2 is 1.79 bits per heavy atom. The van der Waals surface area contributed by atoms with Gasteiger partial charge >= 0.3 is 12.1 Å². The van der Waals surface area contributed by atoms with Gasteiger partial charge in [-0.2, -0.15) is 0 Å². The third-order valence-electron chi connectivity index (χ3n) is 3.01. The van der Waals surface area contributed by atoms with Crippen molar-refractivity contribution in [2.45, 2.75) is 32.5 Å². The zero-order valence-corrected chi connectivity index (χ0v) is 13.7. The number of carbonyl (C=O) groups is 3. The number of amides is 2. The third-order valence-corrected chi connectivity index (χ3v) is 3.01. The molecule has 0 unspecified atom stereocenters. The van der Waals surface area contributed by atoms with Crippen molar-refractivity contribution in [2.75, 3.05) is 13.2 Å². The average Bonchev–Trinajstić information content (AvgIpc) is 2.58. The molecule has 2 atom stereocenters. The van der Waals surface area contributed by atoms with Crippen molar-refractivity contribution in [3.05, 3.63) is 35.9 Å². The van der Waals surface area contributed by atoms with E-state index in [-0.39, 0.29) is 13.2 Å². The Labute approximate surface area is 140 Å². The largest absolute Gasteiger partial charge is 0.464 e. The zero-order valence-electron chi connectivity index (χ0n) is 13.7. The van der Waals surface area contributed by atoms with Crippen molar-refractivity contribution in [1.29, 1.82) is 0 Å². The van der Waals surface area contributed by atoms with E-state index in [0.717, 1.165) is 5.56 Å². The number of alkyl carbamates (subject to hydrolysis) is 1. The van der Waals surface area contributed by atoms with Crippen LogP contribution in [0.4, 0.5) is 4.79 Å². The molecule has 0 radical (unpaired) electrons. The normalized spacial score (nSPS) is 12.6. The SMILES string of the molecule is CCOC(=O)[C@@H](CO)NC(=O)[C@H](C)NC(=O)OCc1ccccc1. The van der Waals surface area contributed by atoms with Gasteiger partial charge < -0.3 is 25.2 Å². The highest BCUT2D eigenvalue weighted by Crippen LogP contribution is 2.01. The summed E-state index contributed by atoms with van der Waals surface area (Å²) in [4.78, 5) is 35.1. The van der Waals surface area contributed by atoms with Crippen LogP contribution in [0, 0.1) is 0 Å². The lowest BCUT2D eigenvalue weighted by Crippen LogP contribution is -2.52. The van der Waals surface area contributed by atoms with Crippen LogP contribution in [0.5, 0.6) is 0 Å². The molecule has 0 bridgehead atoms. The third kappa shape index (κ3) is 6.66. The predicted molar refractivity (Wildman–Crippen MR) is 84.9 cm³/mol. The molecule has 3 N–H and O–H groups in total. The van der Waals surface area contributed by atoms with Gasteiger partial charge in [0.2, 0.25) is 5.91 Å². The number of ether oxygens (including phenoxy) is 2. The maximum atomic E-state index is 11.9. The maximum Gasteiger partial charge on any atom is 0.408 e. The predicted octanol–water partition coefficient (Wildman–Crippen LogP) is 0.341. The van der Waals surface area contributed by atoms with Crippen LogP contribution in [-0.2, 0) is 25.7 Å². The molecule has 0 fully saturated rings. The number of esters is 1. The molecule has 24 heavy (non-hydrogen) atoms. The van der Waals surface area contributed by atoms with Crippen LogP contribution in [0.15, 0.2) is 30.3 Å². The van der Waals surface area contributed by atoms with Gasteiger partial charge in [0.05, 0.1) is 13.2 Å². The summed E-state index contributed by atoms with van der Waals surface area (Å²) in [5.41, 5.74) is 0.812. The molecule has 0 spiro atoms. The second-order valence-corrected chi connectivity index (χ2v) is 4.92. The van der Waals surface area contributed by atoms with Gasteiger partial charge in [-0.25, -0.2) is 9.59 Å². The second kappa shape index (κ2) is 10.2. The summed E-state index contributed by atoms with van der Waals surface area (Å²) in [6.07, 6.45) is -0.766. The Morgan fingerprint density at radius 1 is 1.12 bits per heavy atom. The van der Waals surface area contributed by atoms with Crippen molar-refractivity contribution < 1.29 is 29.0 Å². The summed E-state index contributed by atoms with van der Waals surface area (Å²) in [6.45, 7) is 2.64. The zero-order chi connectivity index (χ0) is 17.9. The fourth-order valence-electron chi connectivity index (χ4n) is 1.73. The number of nitrogens with one attached hydrogen (secondary N) is 2. The molecule has 1 rings (SSSR count). The number of benzene rings is 1. The molecular formula is C16H22N2O6. The van der Waals surface area contributed by atoms with Gasteiger partial charge in [0.1, 0.15) is 12.6 Å². The Bertz CT molecular complexity index is 549. The number of hydrogen-bond donors (Lipinski definition) is 3. The second-order valence-electron chi connectivity index (χ2n) is 4.92. The summed E-state index contributed by atoms with van der Waals surface area (Å²) < 4.78 is 9.71. The lowest BCUT2D eigenvalue weighted by Gasteiger charge is -2.18. The topological polar surface area (TPSA) is 114 Å². The van der Waals surface area contributed by atoms with E-state index in [1.54, 1.807) is 19.1 Å². The number of rotatable bonds is 8. The van der Waals surface area contributed by atoms with Crippen molar-refractivity contribution in [2.24, 2.45) is 0 Å². The molecule has 0 aliphatic rings. The lowest BCUT2D eigenvalue weighted by molar-refractivity contribution is -0.148. The van der Waals surface area contributed by atoms with Crippen molar-refractivity contribution in [1.82, 2.24) is 10.6 Å². The molecule has 0 heterocycles. The molecule has 0 aliphatic carbocycles. The fourth-order valence-corrected chi connectivity index (χ4v) is 1.73. The van der Waals surface area contributed by atoms with Gasteiger partial charge in [-0.1, -0.05) is 30.3 Å². The van der Waals surface area contributed by atoms with E-state index in [1.165, 1.54) is 6.92 Å². The van der Waals surface area contributed by atoms with E-state index >= 15 is 0 Å². The number of hydrogen-bond acceptors (Lipinski definition) is 6. The molecule has 0 aromatic heterocycles. The molecule has 1 aromatic carbocycles. The van der Waals surface area contributed by atoms with E-state index in [4.69, 9.17) is 14.6 Å². The van der Waals surface area contributed by atoms with Gasteiger partial charge in [0.25, 0.3) is 0 Å². The fraction of sp³-hybridized carbons (Fsp3) is 0.438. The van der Waals surface area contributed by atoms with Gasteiger partial charge in [-0.15, -0.1) is 0 Å². The van der Waals surface area contributed by atoms with Gasteiger partial charge in [-0.05, 0) is 19.4 Å². The Hall–Kier alpha value is -2.61. The van der Waals surface area contributed by atoms with Gasteiger partial charge in [0.15, 0.2) is 6.04 Å². The maximum absolute atomic E-state index is 11.9. The van der Waals surface area contributed by atoms with E-state index in [9.17, 15) is 14.4 Å². The van der Waals surface area contributed by atoms with Crippen LogP contribution in [0.3, 0.4) is 0 Å². The minimum Gasteiger partial charge on any atom is -0.464 e. The molecule has 2 amide bonds. The summed E-state index contributed by atoms with van der Waals surface area (Å²) in [5, 5.41) is 13.8. The van der Waals surface area contributed by atoms with Crippen LogP contribution in [0.1, 0.15) is 19.4 Å². The highest BCUT2D eigenvalue weighted by Gasteiger charge is 2.24. The molecular weight excluding hydrogens is 316 g/mol. The van der Waals surface area contributed by atoms with E-state index in [2.05, 4.69) is 10.6 Å². The van der Waals surface area contributed by atoms with Crippen molar-refractivity contribution in [3.63, 3.8) is 0 Å². The summed E-state index contributed by atoms with van der Waals surface area (Å²) >= 11 is 0. The first-order chi connectivity index (χ1) is 11.5. The molecule has 8 nitrogen and oxygen atoms in total.